The molecule has 0 aliphatic carbocycles. The molecule has 6 rings (SSSR count). The number of carboxylic acids is 1. The summed E-state index contributed by atoms with van der Waals surface area (Å²) in [7, 11) is -1.06. The van der Waals surface area contributed by atoms with Crippen molar-refractivity contribution in [2.75, 3.05) is 117 Å². The number of aromatic nitrogens is 1. The molecule has 11 atom stereocenters. The number of carbonyl (C=O) groups is 12. The number of hydrogen-bond acceptors (Lipinski definition) is 25. The fraction of sp³-hybridized carbons (Fsp3) is 0.645. The highest BCUT2D eigenvalue weighted by atomic mass is 32.2. The van der Waals surface area contributed by atoms with Gasteiger partial charge in [-0.1, -0.05) is 27.2 Å². The van der Waals surface area contributed by atoms with Crippen molar-refractivity contribution in [1.29, 1.82) is 0 Å². The lowest BCUT2D eigenvalue weighted by atomic mass is 9.93. The van der Waals surface area contributed by atoms with Gasteiger partial charge in [0.2, 0.25) is 65.0 Å². The normalized spacial score (nSPS) is 23.0. The third kappa shape index (κ3) is 25.6. The summed E-state index contributed by atoms with van der Waals surface area (Å²) in [5.74, 6) is -12.6. The van der Waals surface area contributed by atoms with E-state index in [9.17, 15) is 72.9 Å². The number of nitrogens with zero attached hydrogens (tertiary/aromatic N) is 2. The molecule has 1 aromatic heterocycles. The van der Waals surface area contributed by atoms with Crippen LogP contribution in [-0.2, 0) is 99.5 Å². The fourth-order valence-corrected chi connectivity index (χ4v) is 13.3. The van der Waals surface area contributed by atoms with Crippen molar-refractivity contribution in [3.63, 3.8) is 0 Å². The second-order valence-electron chi connectivity index (χ2n) is 24.3. The molecule has 0 spiro atoms. The van der Waals surface area contributed by atoms with Gasteiger partial charge in [-0.05, 0) is 23.6 Å². The summed E-state index contributed by atoms with van der Waals surface area (Å²) in [6, 6.07) is -6.93. The number of carbonyl (C=O) groups excluding carboxylic acids is 11. The molecule has 37 nitrogen and oxygen atoms in total. The number of benzene rings is 1. The number of rotatable bonds is 33. The first kappa shape index (κ1) is 81.7. The predicted molar refractivity (Wildman–Crippen MR) is 360 cm³/mol. The highest BCUT2D eigenvalue weighted by Crippen LogP contribution is 2.36. The number of primary amides is 1. The summed E-state index contributed by atoms with van der Waals surface area (Å²) < 4.78 is 43.5. The Hall–Kier alpha value is -8.28. The number of hydrogen-bond donors (Lipinski definition) is 17. The second-order valence-corrected chi connectivity index (χ2v) is 26.8. The topological polar surface area (TPSA) is 530 Å². The Kier molecular flexibility index (Phi) is 33.6. The molecule has 1 aromatic carbocycles. The minimum absolute atomic E-state index is 0.0493. The maximum atomic E-state index is 15.4. The minimum atomic E-state index is -2.47. The third-order valence-electron chi connectivity index (χ3n) is 16.8. The number of methoxy groups -OCH3 is 1. The number of fused-ring (bicyclic) bond motifs is 5. The lowest BCUT2D eigenvalue weighted by Crippen LogP contribution is -2.61. The number of H-pyrrole nitrogens is 1. The van der Waals surface area contributed by atoms with Crippen LogP contribution < -0.4 is 69.3 Å². The highest BCUT2D eigenvalue weighted by molar-refractivity contribution is 7.98. The van der Waals surface area contributed by atoms with Gasteiger partial charge in [0.1, 0.15) is 47.0 Å². The van der Waals surface area contributed by atoms with E-state index in [1.54, 1.807) is 37.2 Å². The molecule has 101 heavy (non-hydrogen) atoms. The van der Waals surface area contributed by atoms with Crippen molar-refractivity contribution in [3.8, 4) is 5.75 Å². The van der Waals surface area contributed by atoms with Gasteiger partial charge in [0.25, 0.3) is 0 Å². The van der Waals surface area contributed by atoms with E-state index in [0.717, 1.165) is 4.90 Å². The van der Waals surface area contributed by atoms with Gasteiger partial charge in [-0.3, -0.25) is 66.8 Å². The first-order chi connectivity index (χ1) is 48.3. The maximum absolute atomic E-state index is 15.4. The number of hydrazine groups is 2. The van der Waals surface area contributed by atoms with E-state index in [2.05, 4.69) is 63.8 Å². The Labute approximate surface area is 588 Å². The summed E-state index contributed by atoms with van der Waals surface area (Å²) in [6.07, 6.45) is -3.50. The number of aromatic amines is 1. The largest absolute Gasteiger partial charge is 0.496 e. The summed E-state index contributed by atoms with van der Waals surface area (Å²) in [4.78, 5) is 167. The SMILES string of the molecule is CC[C@H](C)[C@@H]1NC(=O)CCNC(=O)[C@@H]2Cc3c([nH]c4c(CSCCNC(=O)CCOCCOCCOCCOCCN5C=C(CNC(=O)CCC(=O)O)NN5)c(OC)ccc34)S(=O)C[C@H](NC(=O)CNC1=O)C(=O)N[C@@H](CC(N)=O)C(=O)N1C[C@H](O)C[C@H]1C(=O)N[C@@H]([C@@H](C)[C@@H](O)CO)C(=O)N2. The average molecular weight is 1470 g/mol. The Morgan fingerprint density at radius 1 is 0.792 bits per heavy atom. The molecular formula is C62H95N15O22S2. The quantitative estimate of drug-likeness (QED) is 0.0296. The zero-order valence-electron chi connectivity index (χ0n) is 56.8. The van der Waals surface area contributed by atoms with Crippen molar-refractivity contribution in [2.24, 2.45) is 17.6 Å². The van der Waals surface area contributed by atoms with Crippen molar-refractivity contribution in [3.05, 3.63) is 35.2 Å². The van der Waals surface area contributed by atoms with Gasteiger partial charge in [-0.15, -0.1) is 5.53 Å². The first-order valence-corrected chi connectivity index (χ1v) is 35.6. The van der Waals surface area contributed by atoms with Crippen molar-refractivity contribution in [1.82, 2.24) is 73.7 Å². The van der Waals surface area contributed by atoms with Crippen molar-refractivity contribution >= 4 is 104 Å². The summed E-state index contributed by atoms with van der Waals surface area (Å²) in [6.45, 7) is 5.28. The van der Waals surface area contributed by atoms with E-state index < -0.39 is 181 Å². The third-order valence-corrected chi connectivity index (χ3v) is 19.3. The van der Waals surface area contributed by atoms with Crippen LogP contribution in [0, 0.1) is 11.8 Å². The summed E-state index contributed by atoms with van der Waals surface area (Å²) in [5.41, 5.74) is 13.0. The number of amides is 11. The molecule has 562 valence electrons. The first-order valence-electron chi connectivity index (χ1n) is 33.1. The molecule has 11 amide bonds. The molecule has 4 aliphatic rings. The van der Waals surface area contributed by atoms with Gasteiger partial charge in [-0.2, -0.15) is 11.8 Å². The smallest absolute Gasteiger partial charge is 0.303 e. The molecule has 39 heteroatoms. The molecule has 0 saturated carbocycles. The summed E-state index contributed by atoms with van der Waals surface area (Å²) in [5, 5.41) is 65.9. The van der Waals surface area contributed by atoms with Gasteiger partial charge >= 0.3 is 5.97 Å². The van der Waals surface area contributed by atoms with Crippen LogP contribution in [0.5, 0.6) is 5.75 Å². The zero-order chi connectivity index (χ0) is 73.7. The van der Waals surface area contributed by atoms with Gasteiger partial charge in [0.05, 0.1) is 139 Å². The molecule has 2 bridgehead atoms. The number of carboxylic acid groups (broad SMARTS) is 1. The Bertz CT molecular complexity index is 3290. The monoisotopic (exact) mass is 1470 g/mol. The number of nitrogens with one attached hydrogen (secondary N) is 12. The van der Waals surface area contributed by atoms with Crippen LogP contribution in [0.4, 0.5) is 0 Å². The average Bonchev–Trinajstić information content (AvgIpc) is 1.63. The zero-order valence-corrected chi connectivity index (χ0v) is 58.4. The van der Waals surface area contributed by atoms with E-state index >= 15 is 4.21 Å². The van der Waals surface area contributed by atoms with Crippen LogP contribution in [0.25, 0.3) is 10.9 Å². The van der Waals surface area contributed by atoms with Crippen LogP contribution in [0.3, 0.4) is 0 Å². The number of nitrogens with two attached hydrogens (primary N) is 1. The van der Waals surface area contributed by atoms with Crippen LogP contribution in [-0.4, -0.2) is 276 Å². The van der Waals surface area contributed by atoms with Gasteiger partial charge in [-0.25, -0.2) is 0 Å². The van der Waals surface area contributed by atoms with E-state index in [0.29, 0.717) is 79.7 Å². The number of aliphatic carboxylic acids is 1. The fourth-order valence-electron chi connectivity index (χ4n) is 11.0. The molecule has 1 fully saturated rings. The summed E-state index contributed by atoms with van der Waals surface area (Å²) >= 11 is 1.37. The lowest BCUT2D eigenvalue weighted by Gasteiger charge is -2.32. The second kappa shape index (κ2) is 41.6. The number of thioether (sulfide) groups is 1. The van der Waals surface area contributed by atoms with E-state index in [-0.39, 0.29) is 86.9 Å². The van der Waals surface area contributed by atoms with Crippen LogP contribution in [0.1, 0.15) is 76.8 Å². The Morgan fingerprint density at radius 3 is 2.16 bits per heavy atom. The van der Waals surface area contributed by atoms with Crippen LogP contribution in [0.2, 0.25) is 0 Å². The molecule has 5 heterocycles. The molecule has 0 radical (unpaired) electrons. The molecule has 2 aromatic rings. The Balaban J connectivity index is 1.15. The van der Waals surface area contributed by atoms with Gasteiger partial charge in [0.15, 0.2) is 0 Å². The van der Waals surface area contributed by atoms with Crippen molar-refractivity contribution in [2.45, 2.75) is 131 Å². The van der Waals surface area contributed by atoms with E-state index in [4.69, 9.17) is 34.5 Å². The molecule has 4 aliphatic heterocycles. The number of ether oxygens (including phenoxy) is 5. The van der Waals surface area contributed by atoms with Gasteiger partial charge in [0, 0.05) is 86.3 Å². The van der Waals surface area contributed by atoms with Crippen LogP contribution in [0.15, 0.2) is 29.1 Å². The van der Waals surface area contributed by atoms with Crippen LogP contribution >= 0.6 is 11.8 Å². The minimum Gasteiger partial charge on any atom is -0.496 e. The molecule has 1 saturated heterocycles. The van der Waals surface area contributed by atoms with E-state index in [1.165, 1.54) is 25.8 Å². The lowest BCUT2D eigenvalue weighted by molar-refractivity contribution is -0.144. The number of aliphatic hydroxyl groups excluding tert-OH is 3. The molecule has 1 unspecified atom stereocenters. The maximum Gasteiger partial charge on any atom is 0.303 e. The van der Waals surface area contributed by atoms with Gasteiger partial charge < -0.3 is 113 Å². The van der Waals surface area contributed by atoms with Crippen molar-refractivity contribution < 1.29 is 106 Å². The Morgan fingerprint density at radius 2 is 1.49 bits per heavy atom. The molecule has 18 N–H and O–H groups in total. The molecular weight excluding hydrogens is 1370 g/mol. The van der Waals surface area contributed by atoms with E-state index in [1.807, 2.05) is 0 Å². The standard InChI is InChI=1S/C62H95N15O22S2/c1-5-34(2)53-59(91)67-28-51(85)68-43-33-101(94)61-39(25-41(56(88)65-12-10-50(84)71-53)69-60(92)54(35(3)45(80)31-78)72-58(90)44-24-37(79)30-77(44)62(93)42(26-47(63)81)70-57(43)89)38-6-7-46(95-4)40(55(38)73-61)32-100-23-13-64-49(83)11-15-96-17-19-98-21-22-99-20-18-97-16-14-76-29-36(74-75-76)27-66-48(82)8-9-52(86)87/h6-7,29,34-35,37,41-45,53-54,73-75,78-80H,5,8-28,30-33H2,1-4H3,(H2,63,81)(H,64,83)(H,65,88)(H,66,82)(H,67,91)(H,68,85)(H,69,92)(H,70,89)(H,71,84)(H,72,90)(H,86,87)/t34-,35-,37+,41-,42-,43-,44-,45-,53-,54-,101?/m0/s1. The highest BCUT2D eigenvalue weighted by Gasteiger charge is 2.45. The number of aliphatic hydroxyl groups is 3. The predicted octanol–water partition coefficient (Wildman–Crippen LogP) is -6.27.